The highest BCUT2D eigenvalue weighted by atomic mass is 19.1. The van der Waals surface area contributed by atoms with E-state index in [4.69, 9.17) is 5.73 Å². The molecule has 0 radical (unpaired) electrons. The maximum absolute atomic E-state index is 13.0. The molecule has 0 spiro atoms. The third-order valence-electron chi connectivity index (χ3n) is 4.74. The van der Waals surface area contributed by atoms with Crippen molar-refractivity contribution in [2.45, 2.75) is 6.42 Å². The van der Waals surface area contributed by atoms with Gasteiger partial charge in [-0.05, 0) is 52.9 Å². The van der Waals surface area contributed by atoms with Crippen LogP contribution in [-0.2, 0) is 16.0 Å². The average Bonchev–Trinajstić information content (AvgIpc) is 2.77. The summed E-state index contributed by atoms with van der Waals surface area (Å²) in [6.07, 6.45) is 3.49. The van der Waals surface area contributed by atoms with E-state index in [1.165, 1.54) is 18.2 Å². The molecule has 0 saturated carbocycles. The van der Waals surface area contributed by atoms with E-state index < -0.39 is 11.8 Å². The molecule has 30 heavy (non-hydrogen) atoms. The van der Waals surface area contributed by atoms with Crippen molar-refractivity contribution in [3.8, 4) is 11.1 Å². The molecule has 3 aromatic rings. The van der Waals surface area contributed by atoms with Gasteiger partial charge in [-0.25, -0.2) is 4.39 Å². The third kappa shape index (κ3) is 6.14. The molecule has 0 aliphatic carbocycles. The van der Waals surface area contributed by atoms with Crippen molar-refractivity contribution in [1.82, 2.24) is 5.32 Å². The predicted molar refractivity (Wildman–Crippen MR) is 117 cm³/mol. The molecule has 3 N–H and O–H groups in total. The fourth-order valence-electron chi connectivity index (χ4n) is 3.09. The van der Waals surface area contributed by atoms with Gasteiger partial charge in [0.25, 0.3) is 0 Å². The second-order valence-corrected chi connectivity index (χ2v) is 7.00. The van der Waals surface area contributed by atoms with Crippen LogP contribution < -0.4 is 11.1 Å². The highest BCUT2D eigenvalue weighted by Gasteiger charge is 2.16. The van der Waals surface area contributed by atoms with E-state index in [1.54, 1.807) is 18.2 Å². The first kappa shape index (κ1) is 21.0. The summed E-state index contributed by atoms with van der Waals surface area (Å²) < 4.78 is 13.0. The number of nitrogens with one attached hydrogen (secondary N) is 1. The van der Waals surface area contributed by atoms with E-state index in [9.17, 15) is 14.0 Å². The Morgan fingerprint density at radius 2 is 1.63 bits per heavy atom. The average molecular weight is 402 g/mol. The van der Waals surface area contributed by atoms with Gasteiger partial charge in [0.15, 0.2) is 0 Å². The zero-order chi connectivity index (χ0) is 21.3. The van der Waals surface area contributed by atoms with Gasteiger partial charge >= 0.3 is 0 Å². The standard InChI is InChI=1S/C25H23FN2O2/c26-23-12-9-19(10-13-23)16-22(25(27)30)17-28-24(29)14-11-18-5-4-8-21(15-18)20-6-2-1-3-7-20/h1-15,22H,16-17H2,(H2,27,30)(H,28,29)/b14-11+. The predicted octanol–water partition coefficient (Wildman–Crippen LogP) is 3.97. The number of carbonyl (C=O) groups excluding carboxylic acids is 2. The number of halogens is 1. The van der Waals surface area contributed by atoms with Crippen LogP contribution in [0.5, 0.6) is 0 Å². The van der Waals surface area contributed by atoms with Gasteiger partial charge in [0.2, 0.25) is 11.8 Å². The first-order chi connectivity index (χ1) is 14.5. The highest BCUT2D eigenvalue weighted by Crippen LogP contribution is 2.20. The second kappa shape index (κ2) is 10.2. The van der Waals surface area contributed by atoms with Crippen molar-refractivity contribution in [2.24, 2.45) is 11.7 Å². The third-order valence-corrected chi connectivity index (χ3v) is 4.74. The van der Waals surface area contributed by atoms with E-state index in [0.29, 0.717) is 6.42 Å². The van der Waals surface area contributed by atoms with Gasteiger partial charge < -0.3 is 11.1 Å². The van der Waals surface area contributed by atoms with Gasteiger partial charge in [-0.1, -0.05) is 60.7 Å². The molecule has 152 valence electrons. The summed E-state index contributed by atoms with van der Waals surface area (Å²) in [4.78, 5) is 23.9. The van der Waals surface area contributed by atoms with Gasteiger partial charge in [0, 0.05) is 12.6 Å². The lowest BCUT2D eigenvalue weighted by Gasteiger charge is -2.13. The first-order valence-corrected chi connectivity index (χ1v) is 9.66. The largest absolute Gasteiger partial charge is 0.369 e. The molecule has 0 aliphatic heterocycles. The molecule has 0 aliphatic rings. The summed E-state index contributed by atoms with van der Waals surface area (Å²) >= 11 is 0. The van der Waals surface area contributed by atoms with E-state index in [0.717, 1.165) is 22.3 Å². The Hall–Kier alpha value is -3.73. The van der Waals surface area contributed by atoms with E-state index >= 15 is 0 Å². The monoisotopic (exact) mass is 402 g/mol. The minimum absolute atomic E-state index is 0.111. The zero-order valence-electron chi connectivity index (χ0n) is 16.4. The summed E-state index contributed by atoms with van der Waals surface area (Å²) in [6, 6.07) is 23.7. The summed E-state index contributed by atoms with van der Waals surface area (Å²) in [7, 11) is 0. The molecule has 1 atom stereocenters. The number of benzene rings is 3. The zero-order valence-corrected chi connectivity index (χ0v) is 16.4. The van der Waals surface area contributed by atoms with Crippen LogP contribution in [0.25, 0.3) is 17.2 Å². The molecule has 3 aromatic carbocycles. The molecule has 0 saturated heterocycles. The van der Waals surface area contributed by atoms with Gasteiger partial charge in [0.1, 0.15) is 5.82 Å². The van der Waals surface area contributed by atoms with Crippen LogP contribution in [0.15, 0.2) is 84.9 Å². The first-order valence-electron chi connectivity index (χ1n) is 9.66. The summed E-state index contributed by atoms with van der Waals surface area (Å²) in [5.41, 5.74) is 9.29. The maximum atomic E-state index is 13.0. The summed E-state index contributed by atoms with van der Waals surface area (Å²) in [6.45, 7) is 0.111. The molecule has 0 heterocycles. The fourth-order valence-corrected chi connectivity index (χ4v) is 3.09. The number of amides is 2. The Morgan fingerprint density at radius 3 is 2.33 bits per heavy atom. The Kier molecular flexibility index (Phi) is 7.11. The topological polar surface area (TPSA) is 72.2 Å². The van der Waals surface area contributed by atoms with Crippen molar-refractivity contribution in [3.63, 3.8) is 0 Å². The normalized spacial score (nSPS) is 11.9. The quantitative estimate of drug-likeness (QED) is 0.560. The molecule has 1 unspecified atom stereocenters. The molecule has 0 bridgehead atoms. The molecule has 2 amide bonds. The van der Waals surface area contributed by atoms with E-state index in [2.05, 4.69) is 5.32 Å². The van der Waals surface area contributed by atoms with Gasteiger partial charge in [0.05, 0.1) is 5.92 Å². The van der Waals surface area contributed by atoms with Crippen molar-refractivity contribution in [2.75, 3.05) is 6.54 Å². The SMILES string of the molecule is NC(=O)C(CNC(=O)/C=C/c1cccc(-c2ccccc2)c1)Cc1ccc(F)cc1. The van der Waals surface area contributed by atoms with Crippen LogP contribution in [0.3, 0.4) is 0 Å². The smallest absolute Gasteiger partial charge is 0.244 e. The number of carbonyl (C=O) groups is 2. The van der Waals surface area contributed by atoms with Crippen molar-refractivity contribution >= 4 is 17.9 Å². The Labute approximate surface area is 175 Å². The summed E-state index contributed by atoms with van der Waals surface area (Å²) in [5.74, 6) is -1.75. The fraction of sp³-hybridized carbons (Fsp3) is 0.120. The number of primary amides is 1. The minimum atomic E-state index is -0.575. The maximum Gasteiger partial charge on any atom is 0.244 e. The van der Waals surface area contributed by atoms with E-state index in [1.807, 2.05) is 54.6 Å². The van der Waals surface area contributed by atoms with Crippen LogP contribution in [-0.4, -0.2) is 18.4 Å². The number of hydrogen-bond acceptors (Lipinski definition) is 2. The number of nitrogens with two attached hydrogens (primary N) is 1. The Balaban J connectivity index is 1.58. The molecule has 4 nitrogen and oxygen atoms in total. The van der Waals surface area contributed by atoms with Crippen LogP contribution in [0, 0.1) is 11.7 Å². The summed E-state index contributed by atoms with van der Waals surface area (Å²) in [5, 5.41) is 2.71. The number of rotatable bonds is 8. The lowest BCUT2D eigenvalue weighted by molar-refractivity contribution is -0.122. The molecule has 0 fully saturated rings. The van der Waals surface area contributed by atoms with Gasteiger partial charge in [-0.15, -0.1) is 0 Å². The van der Waals surface area contributed by atoms with Crippen LogP contribution >= 0.6 is 0 Å². The van der Waals surface area contributed by atoms with Gasteiger partial charge in [-0.2, -0.15) is 0 Å². The molecular weight excluding hydrogens is 379 g/mol. The minimum Gasteiger partial charge on any atom is -0.369 e. The van der Waals surface area contributed by atoms with Crippen molar-refractivity contribution in [3.05, 3.63) is 102 Å². The Bertz CT molecular complexity index is 1030. The van der Waals surface area contributed by atoms with Crippen LogP contribution in [0.4, 0.5) is 4.39 Å². The Morgan fingerprint density at radius 1 is 0.933 bits per heavy atom. The van der Waals surface area contributed by atoms with Crippen molar-refractivity contribution < 1.29 is 14.0 Å². The van der Waals surface area contributed by atoms with Gasteiger partial charge in [-0.3, -0.25) is 9.59 Å². The number of hydrogen-bond donors (Lipinski definition) is 2. The van der Waals surface area contributed by atoms with E-state index in [-0.39, 0.29) is 18.3 Å². The van der Waals surface area contributed by atoms with Crippen LogP contribution in [0.1, 0.15) is 11.1 Å². The van der Waals surface area contributed by atoms with Crippen LogP contribution in [0.2, 0.25) is 0 Å². The van der Waals surface area contributed by atoms with Crippen molar-refractivity contribution in [1.29, 1.82) is 0 Å². The lowest BCUT2D eigenvalue weighted by atomic mass is 9.98. The molecule has 3 rings (SSSR count). The molecular formula is C25H23FN2O2. The molecule has 5 heteroatoms. The molecule has 0 aromatic heterocycles. The lowest BCUT2D eigenvalue weighted by Crippen LogP contribution is -2.36. The second-order valence-electron chi connectivity index (χ2n) is 7.00. The highest BCUT2D eigenvalue weighted by molar-refractivity contribution is 5.92.